The van der Waals surface area contributed by atoms with Crippen molar-refractivity contribution in [2.24, 2.45) is 52.3 Å². The Bertz CT molecular complexity index is 765. The maximum Gasteiger partial charge on any atom is 0.320 e. The van der Waals surface area contributed by atoms with Gasteiger partial charge in [0.05, 0.1) is 25.4 Å². The third kappa shape index (κ3) is 4.56. The number of ether oxygens (including phenoxy) is 2. The fourth-order valence-electron chi connectivity index (χ4n) is 9.47. The molecule has 6 nitrogen and oxygen atoms in total. The summed E-state index contributed by atoms with van der Waals surface area (Å²) in [5.74, 6) is 0.641. The molecule has 3 unspecified atom stereocenters. The van der Waals surface area contributed by atoms with Crippen molar-refractivity contribution in [1.29, 1.82) is 0 Å². The second kappa shape index (κ2) is 10.3. The molecule has 0 amide bonds. The van der Waals surface area contributed by atoms with Gasteiger partial charge in [-0.25, -0.2) is 0 Å². The first kappa shape index (κ1) is 26.9. The quantitative estimate of drug-likeness (QED) is 0.394. The van der Waals surface area contributed by atoms with Crippen LogP contribution in [-0.2, 0) is 19.1 Å². The van der Waals surface area contributed by atoms with Crippen molar-refractivity contribution in [2.45, 2.75) is 105 Å². The summed E-state index contributed by atoms with van der Waals surface area (Å²) in [5, 5.41) is 22.0. The van der Waals surface area contributed by atoms with Crippen LogP contribution in [0.4, 0.5) is 0 Å². The van der Waals surface area contributed by atoms with Crippen molar-refractivity contribution in [3.63, 3.8) is 0 Å². The standard InChI is InChI=1S/C29H48O6/c1-6-34-26(32)21(27(33)35-7-2)14-17(3)22-10-11-23-20-9-8-18-15-19(30)12-13-28(18,4)24(20)16-25(31)29(22,23)5/h17-25,30-31H,6-16H2,1-5H3/t17-,18-,19-,20?,22-,23?,24?,25+,28+,29-/m1/s1. The van der Waals surface area contributed by atoms with E-state index in [0.717, 1.165) is 38.5 Å². The Balaban J connectivity index is 1.53. The van der Waals surface area contributed by atoms with E-state index >= 15 is 0 Å². The van der Waals surface area contributed by atoms with Crippen molar-refractivity contribution >= 4 is 11.9 Å². The number of aliphatic hydroxyl groups is 2. The second-order valence-electron chi connectivity index (χ2n) is 12.7. The first-order chi connectivity index (χ1) is 16.6. The van der Waals surface area contributed by atoms with Gasteiger partial charge in [-0.05, 0) is 118 Å². The van der Waals surface area contributed by atoms with E-state index in [-0.39, 0.29) is 48.1 Å². The van der Waals surface area contributed by atoms with Gasteiger partial charge in [-0.15, -0.1) is 0 Å². The molecule has 0 radical (unpaired) electrons. The highest BCUT2D eigenvalue weighted by Crippen LogP contribution is 2.68. The molecule has 0 aromatic carbocycles. The van der Waals surface area contributed by atoms with E-state index in [2.05, 4.69) is 20.8 Å². The summed E-state index contributed by atoms with van der Waals surface area (Å²) in [6.07, 6.45) is 8.09. The minimum absolute atomic E-state index is 0.103. The number of hydrogen-bond acceptors (Lipinski definition) is 6. The fraction of sp³-hybridized carbons (Fsp3) is 0.931. The fourth-order valence-corrected chi connectivity index (χ4v) is 9.47. The van der Waals surface area contributed by atoms with Crippen molar-refractivity contribution < 1.29 is 29.3 Å². The molecule has 0 bridgehead atoms. The molecule has 35 heavy (non-hydrogen) atoms. The summed E-state index contributed by atoms with van der Waals surface area (Å²) >= 11 is 0. The molecule has 4 aliphatic rings. The van der Waals surface area contributed by atoms with Crippen LogP contribution >= 0.6 is 0 Å². The van der Waals surface area contributed by atoms with Crippen LogP contribution in [0.2, 0.25) is 0 Å². The van der Waals surface area contributed by atoms with Crippen LogP contribution in [0.25, 0.3) is 0 Å². The van der Waals surface area contributed by atoms with Gasteiger partial charge in [0, 0.05) is 0 Å². The summed E-state index contributed by atoms with van der Waals surface area (Å²) in [6, 6.07) is 0. The van der Waals surface area contributed by atoms with Crippen LogP contribution in [0.15, 0.2) is 0 Å². The van der Waals surface area contributed by atoms with Crippen molar-refractivity contribution in [1.82, 2.24) is 0 Å². The van der Waals surface area contributed by atoms with Crippen LogP contribution in [-0.4, -0.2) is 47.6 Å². The van der Waals surface area contributed by atoms with Crippen LogP contribution in [0.5, 0.6) is 0 Å². The molecule has 0 saturated heterocycles. The molecule has 0 spiro atoms. The van der Waals surface area contributed by atoms with E-state index in [1.165, 1.54) is 12.8 Å². The van der Waals surface area contributed by atoms with Gasteiger partial charge in [-0.1, -0.05) is 20.8 Å². The monoisotopic (exact) mass is 492 g/mol. The Labute approximate surface area is 211 Å². The third-order valence-corrected chi connectivity index (χ3v) is 11.3. The minimum Gasteiger partial charge on any atom is -0.465 e. The van der Waals surface area contributed by atoms with E-state index < -0.39 is 17.9 Å². The van der Waals surface area contributed by atoms with Gasteiger partial charge in [-0.3, -0.25) is 9.59 Å². The molecule has 2 N–H and O–H groups in total. The molecule has 4 fully saturated rings. The van der Waals surface area contributed by atoms with Gasteiger partial charge < -0.3 is 19.7 Å². The predicted octanol–water partition coefficient (Wildman–Crippen LogP) is 4.75. The molecular formula is C29H48O6. The zero-order chi connectivity index (χ0) is 25.5. The van der Waals surface area contributed by atoms with Gasteiger partial charge in [0.15, 0.2) is 5.92 Å². The van der Waals surface area contributed by atoms with Gasteiger partial charge >= 0.3 is 11.9 Å². The lowest BCUT2D eigenvalue weighted by atomic mass is 9.43. The number of carbonyl (C=O) groups excluding carboxylic acids is 2. The van der Waals surface area contributed by atoms with E-state index in [0.29, 0.717) is 30.1 Å². The number of carbonyl (C=O) groups is 2. The number of fused-ring (bicyclic) bond motifs is 5. The molecule has 0 aromatic rings. The zero-order valence-corrected chi connectivity index (χ0v) is 22.5. The van der Waals surface area contributed by atoms with E-state index in [4.69, 9.17) is 9.47 Å². The van der Waals surface area contributed by atoms with Crippen molar-refractivity contribution in [3.8, 4) is 0 Å². The first-order valence-corrected chi connectivity index (χ1v) is 14.3. The average Bonchev–Trinajstić information content (AvgIpc) is 3.17. The molecular weight excluding hydrogens is 444 g/mol. The molecule has 4 aliphatic carbocycles. The Kier molecular flexibility index (Phi) is 7.93. The maximum atomic E-state index is 12.6. The molecule has 4 saturated carbocycles. The number of hydrogen-bond donors (Lipinski definition) is 2. The molecule has 200 valence electrons. The van der Waals surface area contributed by atoms with E-state index in [1.54, 1.807) is 13.8 Å². The summed E-state index contributed by atoms with van der Waals surface area (Å²) in [5.41, 5.74) is 0.0128. The lowest BCUT2D eigenvalue weighted by molar-refractivity contribution is -0.176. The van der Waals surface area contributed by atoms with Crippen LogP contribution in [0.1, 0.15) is 92.4 Å². The number of esters is 2. The Morgan fingerprint density at radius 1 is 0.914 bits per heavy atom. The average molecular weight is 493 g/mol. The Morgan fingerprint density at radius 2 is 1.57 bits per heavy atom. The maximum absolute atomic E-state index is 12.6. The van der Waals surface area contributed by atoms with Crippen LogP contribution in [0.3, 0.4) is 0 Å². The molecule has 0 aromatic heterocycles. The topological polar surface area (TPSA) is 93.1 Å². The first-order valence-electron chi connectivity index (χ1n) is 14.3. The minimum atomic E-state index is -0.899. The highest BCUT2D eigenvalue weighted by Gasteiger charge is 2.63. The highest BCUT2D eigenvalue weighted by molar-refractivity contribution is 5.94. The molecule has 10 atom stereocenters. The molecule has 0 aliphatic heterocycles. The lowest BCUT2D eigenvalue weighted by Crippen LogP contribution is -2.58. The highest BCUT2D eigenvalue weighted by atomic mass is 16.6. The summed E-state index contributed by atoms with van der Waals surface area (Å²) < 4.78 is 10.4. The predicted molar refractivity (Wildman–Crippen MR) is 133 cm³/mol. The van der Waals surface area contributed by atoms with Crippen molar-refractivity contribution in [3.05, 3.63) is 0 Å². The van der Waals surface area contributed by atoms with Crippen molar-refractivity contribution in [2.75, 3.05) is 13.2 Å². The second-order valence-corrected chi connectivity index (χ2v) is 12.7. The summed E-state index contributed by atoms with van der Waals surface area (Å²) in [4.78, 5) is 25.3. The normalized spacial score (nSPS) is 43.6. The molecule has 6 heteroatoms. The van der Waals surface area contributed by atoms with Gasteiger partial charge in [0.1, 0.15) is 0 Å². The van der Waals surface area contributed by atoms with Gasteiger partial charge in [-0.2, -0.15) is 0 Å². The van der Waals surface area contributed by atoms with Gasteiger partial charge in [0.25, 0.3) is 0 Å². The van der Waals surface area contributed by atoms with Crippen LogP contribution < -0.4 is 0 Å². The van der Waals surface area contributed by atoms with Gasteiger partial charge in [0.2, 0.25) is 0 Å². The Hall–Kier alpha value is -1.14. The van der Waals surface area contributed by atoms with E-state index in [9.17, 15) is 19.8 Å². The van der Waals surface area contributed by atoms with E-state index in [1.807, 2.05) is 0 Å². The smallest absolute Gasteiger partial charge is 0.320 e. The largest absolute Gasteiger partial charge is 0.465 e. The summed E-state index contributed by atoms with van der Waals surface area (Å²) in [7, 11) is 0. The number of rotatable bonds is 7. The summed E-state index contributed by atoms with van der Waals surface area (Å²) in [6.45, 7) is 10.9. The SMILES string of the molecule is CCOC(=O)C(C[C@@H](C)[C@H]1CCC2C3CC[C@@H]4C[C@H](O)CC[C@]4(C)C3C[C@H](O)[C@@]21C)C(=O)OCC. The third-order valence-electron chi connectivity index (χ3n) is 11.3. The van der Waals surface area contributed by atoms with Crippen LogP contribution in [0, 0.1) is 52.3 Å². The number of aliphatic hydroxyl groups excluding tert-OH is 2. The lowest BCUT2D eigenvalue weighted by Gasteiger charge is -2.62. The zero-order valence-electron chi connectivity index (χ0n) is 22.5. The molecule has 4 rings (SSSR count). The Morgan fingerprint density at radius 3 is 2.20 bits per heavy atom. The molecule has 0 heterocycles.